The summed E-state index contributed by atoms with van der Waals surface area (Å²) in [7, 11) is 0. The fraction of sp³-hybridized carbons (Fsp3) is 0.538. The van der Waals surface area contributed by atoms with Gasteiger partial charge in [-0.25, -0.2) is 5.11 Å². The van der Waals surface area contributed by atoms with Gasteiger partial charge in [0.2, 0.25) is 0 Å². The maximum Gasteiger partial charge on any atom is 0.458 e. The Morgan fingerprint density at radius 2 is 1.12 bits per heavy atom. The van der Waals surface area contributed by atoms with Gasteiger partial charge in [-0.05, 0) is 6.42 Å². The molecule has 0 saturated carbocycles. The highest BCUT2D eigenvalue weighted by Crippen LogP contribution is 2.51. The second-order valence-corrected chi connectivity index (χ2v) is 4.81. The lowest BCUT2D eigenvalue weighted by Gasteiger charge is -2.28. The van der Waals surface area contributed by atoms with E-state index in [0.29, 0.717) is 0 Å². The van der Waals surface area contributed by atoms with Crippen molar-refractivity contribution in [2.75, 3.05) is 0 Å². The fourth-order valence-corrected chi connectivity index (χ4v) is 1.97. The second kappa shape index (κ2) is 6.08. The van der Waals surface area contributed by atoms with Gasteiger partial charge < -0.3 is 0 Å². The summed E-state index contributed by atoms with van der Waals surface area (Å²) < 4.78 is 129. The van der Waals surface area contributed by atoms with Crippen LogP contribution < -0.4 is 0 Å². The first-order valence-corrected chi connectivity index (χ1v) is 6.27. The van der Waals surface area contributed by atoms with Gasteiger partial charge in [-0.2, -0.15) is 43.9 Å². The summed E-state index contributed by atoms with van der Waals surface area (Å²) in [6.07, 6.45) is -16.0. The van der Waals surface area contributed by atoms with Crippen molar-refractivity contribution in [1.82, 2.24) is 0 Å². The minimum absolute atomic E-state index is 0.0132. The Morgan fingerprint density at radius 3 is 1.38 bits per heavy atom. The van der Waals surface area contributed by atoms with Gasteiger partial charge in [0.25, 0.3) is 0 Å². The zero-order chi connectivity index (χ0) is 19.1. The van der Waals surface area contributed by atoms with Gasteiger partial charge in [0.15, 0.2) is 0 Å². The highest BCUT2D eigenvalue weighted by molar-refractivity contribution is 5.43. The van der Waals surface area contributed by atoms with Crippen molar-refractivity contribution in [3.63, 3.8) is 0 Å². The van der Waals surface area contributed by atoms with Crippen LogP contribution in [-0.4, -0.2) is 12.4 Å². The van der Waals surface area contributed by atoms with Crippen LogP contribution in [0.5, 0.6) is 0 Å². The van der Waals surface area contributed by atoms with Gasteiger partial charge >= 0.3 is 24.2 Å². The summed E-state index contributed by atoms with van der Waals surface area (Å²) >= 11 is 0. The number of hydrogen-bond acceptors (Lipinski definition) is 0. The Hall–Kier alpha value is -1.52. The number of hydrogen-bond donors (Lipinski definition) is 0. The number of benzene rings is 1. The van der Waals surface area contributed by atoms with Crippen LogP contribution in [0.3, 0.4) is 0 Å². The minimum atomic E-state index is -6.28. The summed E-state index contributed by atoms with van der Waals surface area (Å²) in [4.78, 5) is 0. The van der Waals surface area contributed by atoms with Crippen molar-refractivity contribution in [3.05, 3.63) is 34.9 Å². The first-order chi connectivity index (χ1) is 10.6. The molecular weight excluding hydrogens is 362 g/mol. The molecule has 0 bridgehead atoms. The Balaban J connectivity index is 3.82. The summed E-state index contributed by atoms with van der Waals surface area (Å²) in [6.45, 7) is 0.954. The molecule has 1 unspecified atom stereocenters. The van der Waals surface area contributed by atoms with Gasteiger partial charge in [0, 0.05) is 16.7 Å². The first kappa shape index (κ1) is 20.5. The third-order valence-corrected chi connectivity index (χ3v) is 3.19. The molecule has 0 aliphatic heterocycles. The van der Waals surface area contributed by atoms with E-state index < -0.39 is 53.4 Å². The molecule has 1 radical (unpaired) electrons. The second-order valence-electron chi connectivity index (χ2n) is 4.81. The van der Waals surface area contributed by atoms with E-state index in [2.05, 4.69) is 0 Å². The molecule has 0 aliphatic carbocycles. The van der Waals surface area contributed by atoms with Gasteiger partial charge in [-0.3, -0.25) is 0 Å². The summed E-state index contributed by atoms with van der Waals surface area (Å²) in [5.74, 6) is -11.5. The van der Waals surface area contributed by atoms with E-state index in [1.54, 1.807) is 0 Å². The number of rotatable bonds is 4. The predicted molar refractivity (Wildman–Crippen MR) is 60.1 cm³/mol. The molecule has 1 rings (SSSR count). The first-order valence-electron chi connectivity index (χ1n) is 6.27. The van der Waals surface area contributed by atoms with Crippen molar-refractivity contribution in [1.29, 1.82) is 0 Å². The molecule has 1 aromatic rings. The molecule has 0 fully saturated rings. The molecule has 1 aromatic carbocycles. The van der Waals surface area contributed by atoms with Crippen LogP contribution in [0.15, 0.2) is 18.2 Å². The number of alkyl halides is 10. The lowest BCUT2D eigenvalue weighted by molar-refractivity contribution is -0.293. The van der Waals surface area contributed by atoms with Crippen LogP contribution >= 0.6 is 0 Å². The Kier molecular flexibility index (Phi) is 5.20. The molecule has 0 aliphatic rings. The zero-order valence-electron chi connectivity index (χ0n) is 11.7. The largest absolute Gasteiger partial charge is 0.458 e. The van der Waals surface area contributed by atoms with E-state index in [9.17, 15) is 49.0 Å². The van der Waals surface area contributed by atoms with E-state index in [1.165, 1.54) is 0 Å². The molecule has 0 heterocycles. The Labute approximate surface area is 128 Å². The molecule has 137 valence electrons. The zero-order valence-corrected chi connectivity index (χ0v) is 11.7. The van der Waals surface area contributed by atoms with Crippen molar-refractivity contribution in [3.8, 4) is 0 Å². The summed E-state index contributed by atoms with van der Waals surface area (Å²) in [5, 5.41) is 11.7. The summed E-state index contributed by atoms with van der Waals surface area (Å²) in [6, 6.07) is 0.217. The van der Waals surface area contributed by atoms with Gasteiger partial charge in [0.05, 0.1) is 0 Å². The molecule has 1 atom stereocenters. The molecule has 1 nitrogen and oxygen atoms in total. The maximum atomic E-state index is 13.5. The lowest BCUT2D eigenvalue weighted by atomic mass is 9.88. The third kappa shape index (κ3) is 3.31. The van der Waals surface area contributed by atoms with Gasteiger partial charge in [-0.15, -0.1) is 0 Å². The van der Waals surface area contributed by atoms with Crippen LogP contribution in [0.2, 0.25) is 0 Å². The molecule has 24 heavy (non-hydrogen) atoms. The van der Waals surface area contributed by atoms with E-state index in [1.807, 2.05) is 0 Å². The molecular formula is C13H9F10O. The van der Waals surface area contributed by atoms with Crippen LogP contribution in [0.1, 0.15) is 36.1 Å². The molecule has 11 heteroatoms. The van der Waals surface area contributed by atoms with E-state index in [0.717, 1.165) is 6.92 Å². The molecule has 0 saturated heterocycles. The molecule has 0 aromatic heterocycles. The fourth-order valence-electron chi connectivity index (χ4n) is 1.97. The van der Waals surface area contributed by atoms with Crippen molar-refractivity contribution < 1.29 is 49.0 Å². The van der Waals surface area contributed by atoms with Gasteiger partial charge in [-0.1, -0.05) is 25.1 Å². The Morgan fingerprint density at radius 1 is 0.792 bits per heavy atom. The lowest BCUT2D eigenvalue weighted by Crippen LogP contribution is -2.38. The van der Waals surface area contributed by atoms with Crippen molar-refractivity contribution in [2.45, 2.75) is 43.6 Å². The van der Waals surface area contributed by atoms with Crippen LogP contribution in [0, 0.1) is 0 Å². The van der Waals surface area contributed by atoms with E-state index in [4.69, 9.17) is 0 Å². The third-order valence-electron chi connectivity index (χ3n) is 3.19. The minimum Gasteiger partial charge on any atom is -0.228 e. The Bertz CT molecular complexity index is 543. The monoisotopic (exact) mass is 371 g/mol. The van der Waals surface area contributed by atoms with Crippen molar-refractivity contribution >= 4 is 0 Å². The standard InChI is InChI=1S/C13H9F10O/c1-2-8(24)9-6(10(14,15)12(18,19)20)4-3-5-7(9)11(16,17)13(21,22)23/h3-5,8H,2H2,1H3. The van der Waals surface area contributed by atoms with Crippen LogP contribution in [0.25, 0.3) is 0 Å². The van der Waals surface area contributed by atoms with Gasteiger partial charge in [0.1, 0.15) is 6.10 Å². The van der Waals surface area contributed by atoms with E-state index >= 15 is 0 Å². The number of halogens is 10. The average Bonchev–Trinajstić information content (AvgIpc) is 2.43. The highest BCUT2D eigenvalue weighted by atomic mass is 19.4. The summed E-state index contributed by atoms with van der Waals surface area (Å²) in [5.41, 5.74) is -6.32. The predicted octanol–water partition coefficient (Wildman–Crippen LogP) is 5.88. The van der Waals surface area contributed by atoms with E-state index in [-0.39, 0.29) is 18.2 Å². The highest BCUT2D eigenvalue weighted by Gasteiger charge is 2.63. The average molecular weight is 371 g/mol. The SMILES string of the molecule is CCC([O])c1c(C(F)(F)C(F)(F)F)cccc1C(F)(F)C(F)(F)F. The quantitative estimate of drug-likeness (QED) is 0.590. The smallest absolute Gasteiger partial charge is 0.228 e. The van der Waals surface area contributed by atoms with Crippen LogP contribution in [-0.2, 0) is 17.0 Å². The molecule has 0 amide bonds. The van der Waals surface area contributed by atoms with Crippen LogP contribution in [0.4, 0.5) is 43.9 Å². The van der Waals surface area contributed by atoms with Crippen molar-refractivity contribution in [2.24, 2.45) is 0 Å². The molecule has 0 spiro atoms. The molecule has 0 N–H and O–H groups in total. The normalized spacial score (nSPS) is 15.5. The topological polar surface area (TPSA) is 19.9 Å². The maximum absolute atomic E-state index is 13.5.